The van der Waals surface area contributed by atoms with Gasteiger partial charge in [0.25, 0.3) is 0 Å². The maximum atomic E-state index is 11.1. The molecular formula is C7H9O6S-. The second kappa shape index (κ2) is 3.50. The van der Waals surface area contributed by atoms with E-state index in [4.69, 9.17) is 10.2 Å². The molecule has 0 radical (unpaired) electrons. The molecule has 0 aromatic carbocycles. The van der Waals surface area contributed by atoms with Crippen molar-refractivity contribution in [2.75, 3.05) is 0 Å². The second-order valence-corrected chi connectivity index (χ2v) is 3.75. The molecule has 1 saturated carbocycles. The highest BCUT2D eigenvalue weighted by atomic mass is 32.1. The lowest BCUT2D eigenvalue weighted by atomic mass is 9.80. The molecule has 4 unspecified atom stereocenters. The summed E-state index contributed by atoms with van der Waals surface area (Å²) in [5, 5.41) is 36.5. The van der Waals surface area contributed by atoms with Gasteiger partial charge in [-0.25, -0.2) is 0 Å². The summed E-state index contributed by atoms with van der Waals surface area (Å²) in [6, 6.07) is 0. The zero-order valence-corrected chi connectivity index (χ0v) is 7.85. The first kappa shape index (κ1) is 11.4. The minimum Gasteiger partial charge on any atom is -0.547 e. The van der Waals surface area contributed by atoms with Gasteiger partial charge >= 0.3 is 0 Å². The van der Waals surface area contributed by atoms with Crippen LogP contribution in [0.4, 0.5) is 0 Å². The predicted octanol–water partition coefficient (Wildman–Crippen LogP) is -3.54. The molecule has 14 heavy (non-hydrogen) atoms. The van der Waals surface area contributed by atoms with Gasteiger partial charge in [-0.3, -0.25) is 4.79 Å². The number of carbonyl (C=O) groups is 2. The lowest BCUT2D eigenvalue weighted by Gasteiger charge is -2.41. The highest BCUT2D eigenvalue weighted by molar-refractivity contribution is 7.82. The number of aliphatic hydroxyl groups is 3. The molecule has 1 rings (SSSR count). The van der Waals surface area contributed by atoms with Crippen LogP contribution in [0.3, 0.4) is 0 Å². The lowest BCUT2D eigenvalue weighted by molar-refractivity contribution is -0.327. The van der Waals surface area contributed by atoms with E-state index in [1.54, 1.807) is 0 Å². The number of thiol groups is 1. The van der Waals surface area contributed by atoms with Gasteiger partial charge in [-0.2, -0.15) is 12.6 Å². The number of aliphatic carboxylic acids is 1. The summed E-state index contributed by atoms with van der Waals surface area (Å²) in [4.78, 5) is 21.6. The van der Waals surface area contributed by atoms with E-state index in [1.165, 1.54) is 0 Å². The van der Waals surface area contributed by atoms with E-state index >= 15 is 0 Å². The average Bonchev–Trinajstić information content (AvgIpc) is 2.11. The van der Waals surface area contributed by atoms with Crippen LogP contribution in [-0.4, -0.2) is 50.1 Å². The fourth-order valence-electron chi connectivity index (χ4n) is 1.32. The molecule has 0 aliphatic heterocycles. The van der Waals surface area contributed by atoms with Crippen LogP contribution in [0.15, 0.2) is 0 Å². The van der Waals surface area contributed by atoms with Crippen molar-refractivity contribution >= 4 is 24.4 Å². The number of carboxylic acid groups (broad SMARTS) is 1. The standard InChI is InChI=1S/C7H10O6S/c8-2-1-7(13,6(11)12)5(14)4(10)3(2)9/h2-3,5,8-9,13-14H,1H2,(H,11,12)/p-1. The highest BCUT2D eigenvalue weighted by Crippen LogP contribution is 2.30. The molecule has 0 aromatic heterocycles. The van der Waals surface area contributed by atoms with Crippen LogP contribution in [0.2, 0.25) is 0 Å². The monoisotopic (exact) mass is 221 g/mol. The first-order valence-corrected chi connectivity index (χ1v) is 4.34. The van der Waals surface area contributed by atoms with Gasteiger partial charge in [-0.05, 0) is 0 Å². The minimum atomic E-state index is -2.53. The van der Waals surface area contributed by atoms with Crippen molar-refractivity contribution in [3.63, 3.8) is 0 Å². The highest BCUT2D eigenvalue weighted by Gasteiger charge is 2.51. The van der Waals surface area contributed by atoms with Crippen LogP contribution in [0.25, 0.3) is 0 Å². The van der Waals surface area contributed by atoms with Gasteiger partial charge in [0.15, 0.2) is 5.78 Å². The Kier molecular flexibility index (Phi) is 2.86. The number of carbonyl (C=O) groups excluding carboxylic acids is 2. The SMILES string of the molecule is O=C1C(O)C(O)CC(O)(C(=O)[O-])C1S. The number of aliphatic hydroxyl groups excluding tert-OH is 2. The summed E-state index contributed by atoms with van der Waals surface area (Å²) in [5.41, 5.74) is -2.53. The zero-order chi connectivity index (χ0) is 11.1. The maximum Gasteiger partial charge on any atom is 0.179 e. The molecule has 1 aliphatic rings. The Labute approximate surface area is 84.6 Å². The fraction of sp³-hybridized carbons (Fsp3) is 0.714. The summed E-state index contributed by atoms with van der Waals surface area (Å²) in [7, 11) is 0. The molecule has 0 saturated heterocycles. The number of hydrogen-bond donors (Lipinski definition) is 4. The Morgan fingerprint density at radius 3 is 2.50 bits per heavy atom. The Hall–Kier alpha value is -0.630. The van der Waals surface area contributed by atoms with Crippen LogP contribution in [0, 0.1) is 0 Å². The molecule has 80 valence electrons. The van der Waals surface area contributed by atoms with Gasteiger partial charge < -0.3 is 25.2 Å². The van der Waals surface area contributed by atoms with Gasteiger partial charge in [0, 0.05) is 6.42 Å². The number of rotatable bonds is 1. The van der Waals surface area contributed by atoms with E-state index in [0.717, 1.165) is 0 Å². The molecule has 1 fully saturated rings. The predicted molar refractivity (Wildman–Crippen MR) is 44.4 cm³/mol. The van der Waals surface area contributed by atoms with Crippen molar-refractivity contribution < 1.29 is 30.0 Å². The van der Waals surface area contributed by atoms with Crippen molar-refractivity contribution in [1.29, 1.82) is 0 Å². The van der Waals surface area contributed by atoms with E-state index in [-0.39, 0.29) is 0 Å². The van der Waals surface area contributed by atoms with E-state index in [0.29, 0.717) is 0 Å². The summed E-state index contributed by atoms with van der Waals surface area (Å²) in [5.74, 6) is -2.92. The van der Waals surface area contributed by atoms with Crippen LogP contribution >= 0.6 is 12.6 Å². The Morgan fingerprint density at radius 2 is 2.07 bits per heavy atom. The third kappa shape index (κ3) is 1.52. The Morgan fingerprint density at radius 1 is 1.57 bits per heavy atom. The van der Waals surface area contributed by atoms with Crippen LogP contribution in [0.1, 0.15) is 6.42 Å². The molecule has 6 nitrogen and oxygen atoms in total. The Balaban J connectivity index is 3.02. The minimum absolute atomic E-state index is 0.684. The first-order chi connectivity index (χ1) is 6.30. The number of Topliss-reactive ketones (excluding diaryl/α,β-unsaturated/α-hetero) is 1. The Bertz CT molecular complexity index is 279. The molecule has 0 bridgehead atoms. The topological polar surface area (TPSA) is 118 Å². The van der Waals surface area contributed by atoms with Gasteiger partial charge in [-0.15, -0.1) is 0 Å². The van der Waals surface area contributed by atoms with Crippen molar-refractivity contribution in [1.82, 2.24) is 0 Å². The molecule has 0 aromatic rings. The first-order valence-electron chi connectivity index (χ1n) is 3.82. The van der Waals surface area contributed by atoms with E-state index < -0.39 is 41.2 Å². The van der Waals surface area contributed by atoms with E-state index in [9.17, 15) is 19.8 Å². The smallest absolute Gasteiger partial charge is 0.179 e. The van der Waals surface area contributed by atoms with Gasteiger partial charge in [0.2, 0.25) is 0 Å². The lowest BCUT2D eigenvalue weighted by Crippen LogP contribution is -2.65. The second-order valence-electron chi connectivity index (χ2n) is 3.23. The van der Waals surface area contributed by atoms with Gasteiger partial charge in [0.05, 0.1) is 17.3 Å². The largest absolute Gasteiger partial charge is 0.547 e. The van der Waals surface area contributed by atoms with E-state index in [2.05, 4.69) is 12.6 Å². The third-order valence-corrected chi connectivity index (χ3v) is 2.93. The number of ketones is 1. The maximum absolute atomic E-state index is 11.1. The summed E-state index contributed by atoms with van der Waals surface area (Å²) in [6.07, 6.45) is -4.01. The number of hydrogen-bond acceptors (Lipinski definition) is 7. The van der Waals surface area contributed by atoms with Crippen LogP contribution < -0.4 is 5.11 Å². The van der Waals surface area contributed by atoms with Crippen LogP contribution in [-0.2, 0) is 9.59 Å². The normalized spacial score (nSPS) is 43.7. The molecule has 0 spiro atoms. The molecule has 0 amide bonds. The quantitative estimate of drug-likeness (QED) is 0.341. The molecule has 4 atom stereocenters. The average molecular weight is 221 g/mol. The van der Waals surface area contributed by atoms with Crippen molar-refractivity contribution in [3.8, 4) is 0 Å². The van der Waals surface area contributed by atoms with Crippen molar-refractivity contribution in [2.24, 2.45) is 0 Å². The molecule has 1 aliphatic carbocycles. The van der Waals surface area contributed by atoms with E-state index in [1.807, 2.05) is 0 Å². The molecular weight excluding hydrogens is 212 g/mol. The number of carboxylic acids is 1. The fourth-order valence-corrected chi connectivity index (χ4v) is 1.69. The molecule has 7 heteroatoms. The van der Waals surface area contributed by atoms with Crippen molar-refractivity contribution in [2.45, 2.75) is 29.5 Å². The molecule has 3 N–H and O–H groups in total. The summed E-state index contributed by atoms with van der Waals surface area (Å²) < 4.78 is 0. The third-order valence-electron chi connectivity index (χ3n) is 2.25. The zero-order valence-electron chi connectivity index (χ0n) is 6.95. The van der Waals surface area contributed by atoms with Crippen molar-refractivity contribution in [3.05, 3.63) is 0 Å². The van der Waals surface area contributed by atoms with Crippen LogP contribution in [0.5, 0.6) is 0 Å². The summed E-state index contributed by atoms with van der Waals surface area (Å²) in [6.45, 7) is 0. The molecule has 0 heterocycles. The van der Waals surface area contributed by atoms with Gasteiger partial charge in [0.1, 0.15) is 11.7 Å². The summed E-state index contributed by atoms with van der Waals surface area (Å²) >= 11 is 3.58. The van der Waals surface area contributed by atoms with Gasteiger partial charge in [-0.1, -0.05) is 0 Å².